The number of nitrogens with zero attached hydrogens (tertiary/aromatic N) is 4. The number of rotatable bonds is 7. The quantitative estimate of drug-likeness (QED) is 0.375. The number of aromatic nitrogens is 4. The van der Waals surface area contributed by atoms with E-state index < -0.39 is 12.1 Å². The van der Waals surface area contributed by atoms with Gasteiger partial charge in [0.1, 0.15) is 12.0 Å². The van der Waals surface area contributed by atoms with Gasteiger partial charge in [-0.05, 0) is 41.7 Å². The number of carbonyl (C=O) groups excluding carboxylic acids is 2. The van der Waals surface area contributed by atoms with Gasteiger partial charge in [0.2, 0.25) is 11.8 Å². The molecule has 0 unspecified atom stereocenters. The van der Waals surface area contributed by atoms with Crippen LogP contribution in [0.3, 0.4) is 0 Å². The van der Waals surface area contributed by atoms with Crippen LogP contribution >= 0.6 is 11.8 Å². The number of halogens is 2. The number of H-pyrrole nitrogens is 1. The normalized spacial score (nSPS) is 17.2. The lowest BCUT2D eigenvalue weighted by Crippen LogP contribution is -2.23. The first-order chi connectivity index (χ1) is 16.8. The smallest absolute Gasteiger partial charge is 0.232 e. The number of hydrogen-bond acceptors (Lipinski definition) is 5. The Bertz CT molecular complexity index is 1460. The molecule has 8 nitrogen and oxygen atoms in total. The molecule has 1 aliphatic rings. The predicted octanol–water partition coefficient (Wildman–Crippen LogP) is 4.06. The highest BCUT2D eigenvalue weighted by molar-refractivity contribution is 8.00. The molecule has 0 spiro atoms. The molecule has 0 radical (unpaired) electrons. The maximum absolute atomic E-state index is 15.8. The molecule has 3 aromatic heterocycles. The molecule has 2 amide bonds. The maximum Gasteiger partial charge on any atom is 0.232 e. The van der Waals surface area contributed by atoms with Gasteiger partial charge in [0.25, 0.3) is 0 Å². The molecule has 1 fully saturated rings. The molecule has 1 aromatic carbocycles. The lowest BCUT2D eigenvalue weighted by molar-refractivity contribution is -0.125. The van der Waals surface area contributed by atoms with Gasteiger partial charge in [-0.2, -0.15) is 10.2 Å². The van der Waals surface area contributed by atoms with Gasteiger partial charge in [0.15, 0.2) is 5.82 Å². The zero-order chi connectivity index (χ0) is 24.9. The van der Waals surface area contributed by atoms with E-state index in [0.717, 1.165) is 22.7 Å². The van der Waals surface area contributed by atoms with E-state index in [1.54, 1.807) is 37.1 Å². The Morgan fingerprint density at radius 2 is 2.11 bits per heavy atom. The Labute approximate surface area is 204 Å². The number of hydrogen-bond donors (Lipinski definition) is 2. The van der Waals surface area contributed by atoms with E-state index in [-0.39, 0.29) is 29.8 Å². The summed E-state index contributed by atoms with van der Waals surface area (Å²) in [7, 11) is 3.33. The van der Waals surface area contributed by atoms with Gasteiger partial charge in [-0.3, -0.25) is 14.7 Å². The third-order valence-electron chi connectivity index (χ3n) is 6.15. The predicted molar refractivity (Wildman–Crippen MR) is 131 cm³/mol. The zero-order valence-electron chi connectivity index (χ0n) is 19.4. The van der Waals surface area contributed by atoms with Crippen molar-refractivity contribution < 1.29 is 18.4 Å². The standard InChI is InChI=1S/C24H24F2N6O2S/c1-4-14-20(16-10-27-29-22(16)23(21(14)26)35-11-19(33)31(2)3)12-5-6-32-13(7-12)8-18(30-32)28-24(34)15-9-17(15)25/h5-8,10,15,17H,4,9,11H2,1-3H3,(H,27,29)(H,28,30,34)/t15-,17+/m1/s1. The second-order valence-corrected chi connectivity index (χ2v) is 9.73. The van der Waals surface area contributed by atoms with E-state index in [0.29, 0.717) is 39.3 Å². The molecule has 182 valence electrons. The molecule has 1 saturated carbocycles. The summed E-state index contributed by atoms with van der Waals surface area (Å²) >= 11 is 1.15. The van der Waals surface area contributed by atoms with E-state index >= 15 is 4.39 Å². The van der Waals surface area contributed by atoms with Crippen molar-refractivity contribution in [2.24, 2.45) is 5.92 Å². The lowest BCUT2D eigenvalue weighted by Gasteiger charge is -2.16. The highest BCUT2D eigenvalue weighted by Crippen LogP contribution is 2.40. The Morgan fingerprint density at radius 3 is 2.80 bits per heavy atom. The van der Waals surface area contributed by atoms with Crippen LogP contribution in [0.25, 0.3) is 27.5 Å². The van der Waals surface area contributed by atoms with Crippen LogP contribution in [0.5, 0.6) is 0 Å². The summed E-state index contributed by atoms with van der Waals surface area (Å²) in [4.78, 5) is 26.0. The molecule has 35 heavy (non-hydrogen) atoms. The van der Waals surface area contributed by atoms with Crippen molar-refractivity contribution in [1.29, 1.82) is 0 Å². The van der Waals surface area contributed by atoms with Crippen molar-refractivity contribution in [3.8, 4) is 11.1 Å². The number of thioether (sulfide) groups is 1. The molecule has 0 aliphatic heterocycles. The average Bonchev–Trinajstić information content (AvgIpc) is 3.19. The van der Waals surface area contributed by atoms with Crippen LogP contribution in [0.1, 0.15) is 18.9 Å². The average molecular weight is 499 g/mol. The fourth-order valence-corrected chi connectivity index (χ4v) is 5.17. The molecule has 0 bridgehead atoms. The fourth-order valence-electron chi connectivity index (χ4n) is 4.09. The van der Waals surface area contributed by atoms with Crippen molar-refractivity contribution in [2.45, 2.75) is 30.8 Å². The molecule has 0 saturated heterocycles. The number of alkyl halides is 1. The minimum Gasteiger partial charge on any atom is -0.348 e. The molecule has 11 heteroatoms. The van der Waals surface area contributed by atoms with Crippen LogP contribution in [0.4, 0.5) is 14.6 Å². The van der Waals surface area contributed by atoms with Crippen LogP contribution in [-0.2, 0) is 16.0 Å². The molecule has 5 rings (SSSR count). The summed E-state index contributed by atoms with van der Waals surface area (Å²) in [5.41, 5.74) is 3.24. The third kappa shape index (κ3) is 4.24. The number of anilines is 1. The number of carbonyl (C=O) groups is 2. The first-order valence-electron chi connectivity index (χ1n) is 11.2. The van der Waals surface area contributed by atoms with Crippen LogP contribution < -0.4 is 5.32 Å². The Balaban J connectivity index is 1.54. The topological polar surface area (TPSA) is 95.4 Å². The monoisotopic (exact) mass is 498 g/mol. The highest BCUT2D eigenvalue weighted by Gasteiger charge is 2.43. The minimum atomic E-state index is -1.08. The van der Waals surface area contributed by atoms with E-state index in [1.807, 2.05) is 19.1 Å². The van der Waals surface area contributed by atoms with Gasteiger partial charge in [-0.25, -0.2) is 13.3 Å². The van der Waals surface area contributed by atoms with Crippen molar-refractivity contribution in [3.05, 3.63) is 42.0 Å². The number of benzene rings is 1. The molecule has 1 aliphatic carbocycles. The maximum atomic E-state index is 15.8. The molecule has 3 heterocycles. The van der Waals surface area contributed by atoms with Crippen molar-refractivity contribution in [3.63, 3.8) is 0 Å². The summed E-state index contributed by atoms with van der Waals surface area (Å²) in [6.07, 6.45) is 3.00. The summed E-state index contributed by atoms with van der Waals surface area (Å²) in [5, 5.41) is 14.8. The lowest BCUT2D eigenvalue weighted by atomic mass is 9.94. The Kier molecular flexibility index (Phi) is 5.96. The van der Waals surface area contributed by atoms with Gasteiger partial charge in [0, 0.05) is 31.7 Å². The summed E-state index contributed by atoms with van der Waals surface area (Å²) in [5.74, 6) is -1.02. The van der Waals surface area contributed by atoms with E-state index in [2.05, 4.69) is 20.6 Å². The second kappa shape index (κ2) is 8.95. The highest BCUT2D eigenvalue weighted by atomic mass is 32.2. The SMILES string of the molecule is CCc1c(F)c(SCC(=O)N(C)C)c2[nH]ncc2c1-c1ccn2nc(NC(=O)[C@@H]3C[C@@H]3F)cc2c1. The molecule has 2 atom stereocenters. The van der Waals surface area contributed by atoms with E-state index in [9.17, 15) is 14.0 Å². The summed E-state index contributed by atoms with van der Waals surface area (Å²) < 4.78 is 30.6. The van der Waals surface area contributed by atoms with Gasteiger partial charge in [0.05, 0.1) is 33.8 Å². The van der Waals surface area contributed by atoms with E-state index in [1.165, 1.54) is 4.90 Å². The van der Waals surface area contributed by atoms with Crippen LogP contribution in [-0.4, -0.2) is 62.5 Å². The van der Waals surface area contributed by atoms with Gasteiger partial charge in [-0.1, -0.05) is 6.92 Å². The second-order valence-electron chi connectivity index (χ2n) is 8.75. The van der Waals surface area contributed by atoms with Gasteiger partial charge >= 0.3 is 0 Å². The number of pyridine rings is 1. The van der Waals surface area contributed by atoms with Crippen molar-refractivity contribution in [2.75, 3.05) is 25.2 Å². The summed E-state index contributed by atoms with van der Waals surface area (Å²) in [6.45, 7) is 1.88. The number of nitrogens with one attached hydrogen (secondary N) is 2. The van der Waals surface area contributed by atoms with Gasteiger partial charge in [-0.15, -0.1) is 11.8 Å². The van der Waals surface area contributed by atoms with Gasteiger partial charge < -0.3 is 10.2 Å². The van der Waals surface area contributed by atoms with E-state index in [4.69, 9.17) is 0 Å². The number of amides is 2. The first kappa shape index (κ1) is 23.3. The minimum absolute atomic E-state index is 0.109. The number of aromatic amines is 1. The van der Waals surface area contributed by atoms with Crippen molar-refractivity contribution in [1.82, 2.24) is 24.7 Å². The van der Waals surface area contributed by atoms with Crippen molar-refractivity contribution >= 4 is 45.8 Å². The largest absolute Gasteiger partial charge is 0.348 e. The van der Waals surface area contributed by atoms with Crippen LogP contribution in [0, 0.1) is 11.7 Å². The molecule has 2 N–H and O–H groups in total. The first-order valence-corrected chi connectivity index (χ1v) is 12.2. The zero-order valence-corrected chi connectivity index (χ0v) is 20.2. The Morgan fingerprint density at radius 1 is 1.34 bits per heavy atom. The molecule has 4 aromatic rings. The third-order valence-corrected chi connectivity index (χ3v) is 7.21. The molecular weight excluding hydrogens is 474 g/mol. The Hall–Kier alpha value is -3.47. The number of fused-ring (bicyclic) bond motifs is 2. The van der Waals surface area contributed by atoms with Crippen LogP contribution in [0.15, 0.2) is 35.5 Å². The summed E-state index contributed by atoms with van der Waals surface area (Å²) in [6, 6.07) is 5.38. The fraction of sp³-hybridized carbons (Fsp3) is 0.333. The molecular formula is C24H24F2N6O2S. The van der Waals surface area contributed by atoms with Crippen LogP contribution in [0.2, 0.25) is 0 Å².